The van der Waals surface area contributed by atoms with E-state index >= 15 is 0 Å². The van der Waals surface area contributed by atoms with Gasteiger partial charge in [-0.05, 0) is 40.5 Å². The smallest absolute Gasteiger partial charge is 0.335 e. The number of carbonyl (C=O) groups excluding carboxylic acids is 1. The van der Waals surface area contributed by atoms with Crippen LogP contribution in [0.25, 0.3) is 0 Å². The summed E-state index contributed by atoms with van der Waals surface area (Å²) in [5.41, 5.74) is -0.118. The highest BCUT2D eigenvalue weighted by Crippen LogP contribution is 2.23. The van der Waals surface area contributed by atoms with Crippen molar-refractivity contribution >= 4 is 37.8 Å². The van der Waals surface area contributed by atoms with E-state index in [9.17, 15) is 18.0 Å². The van der Waals surface area contributed by atoms with Gasteiger partial charge in [-0.2, -0.15) is 0 Å². The van der Waals surface area contributed by atoms with E-state index in [1.165, 1.54) is 12.1 Å². The molecule has 1 aromatic rings. The van der Waals surface area contributed by atoms with Crippen molar-refractivity contribution in [3.63, 3.8) is 0 Å². The quantitative estimate of drug-likeness (QED) is 0.700. The zero-order valence-corrected chi connectivity index (χ0v) is 13.2. The maximum absolute atomic E-state index is 12.2. The standard InChI is InChI=1S/C12H13BrN2O5S/c13-9-3-1-7(12(17)18)5-10(9)21(19,20)14-6-8-2-4-11(16)15-8/h1,3,5,8,14H,2,4,6H2,(H,15,16)(H,17,18). The Bertz CT molecular complexity index is 689. The van der Waals surface area contributed by atoms with Gasteiger partial charge < -0.3 is 10.4 Å². The molecule has 7 nitrogen and oxygen atoms in total. The van der Waals surface area contributed by atoms with E-state index in [-0.39, 0.29) is 33.4 Å². The molecule has 1 aromatic carbocycles. The highest BCUT2D eigenvalue weighted by Gasteiger charge is 2.24. The van der Waals surface area contributed by atoms with E-state index in [2.05, 4.69) is 26.0 Å². The van der Waals surface area contributed by atoms with E-state index in [4.69, 9.17) is 5.11 Å². The molecule has 2 rings (SSSR count). The van der Waals surface area contributed by atoms with Crippen LogP contribution in [0.1, 0.15) is 23.2 Å². The Kier molecular flexibility index (Phi) is 4.64. The monoisotopic (exact) mass is 376 g/mol. The third-order valence-corrected chi connectivity index (χ3v) is 5.49. The van der Waals surface area contributed by atoms with Gasteiger partial charge >= 0.3 is 5.97 Å². The Morgan fingerprint density at radius 1 is 1.48 bits per heavy atom. The highest BCUT2D eigenvalue weighted by atomic mass is 79.9. The number of halogens is 1. The first-order chi connectivity index (χ1) is 9.79. The summed E-state index contributed by atoms with van der Waals surface area (Å²) >= 11 is 3.10. The number of hydrogen-bond acceptors (Lipinski definition) is 4. The van der Waals surface area contributed by atoms with Crippen LogP contribution in [0.3, 0.4) is 0 Å². The molecule has 114 valence electrons. The van der Waals surface area contributed by atoms with Crippen molar-refractivity contribution in [3.05, 3.63) is 28.2 Å². The average Bonchev–Trinajstić information content (AvgIpc) is 2.82. The van der Waals surface area contributed by atoms with Gasteiger partial charge in [0.05, 0.1) is 10.5 Å². The third-order valence-electron chi connectivity index (χ3n) is 3.07. The first kappa shape index (κ1) is 15.9. The van der Waals surface area contributed by atoms with E-state index in [1.54, 1.807) is 0 Å². The lowest BCUT2D eigenvalue weighted by Crippen LogP contribution is -2.38. The van der Waals surface area contributed by atoms with Crippen molar-refractivity contribution in [2.75, 3.05) is 6.54 Å². The Labute approximate surface area is 129 Å². The van der Waals surface area contributed by atoms with Crippen LogP contribution >= 0.6 is 15.9 Å². The molecule has 0 aliphatic carbocycles. The molecule has 1 saturated heterocycles. The van der Waals surface area contributed by atoms with Crippen molar-refractivity contribution < 1.29 is 23.1 Å². The number of benzene rings is 1. The lowest BCUT2D eigenvalue weighted by molar-refractivity contribution is -0.119. The minimum atomic E-state index is -3.86. The Hall–Kier alpha value is -1.45. The summed E-state index contributed by atoms with van der Waals surface area (Å²) in [6.07, 6.45) is 0.947. The van der Waals surface area contributed by atoms with Crippen molar-refractivity contribution in [2.24, 2.45) is 0 Å². The number of aromatic carboxylic acids is 1. The average molecular weight is 377 g/mol. The van der Waals surface area contributed by atoms with Crippen LogP contribution in [0.2, 0.25) is 0 Å². The third kappa shape index (κ3) is 3.80. The number of sulfonamides is 1. The topological polar surface area (TPSA) is 113 Å². The van der Waals surface area contributed by atoms with Crippen LogP contribution in [0, 0.1) is 0 Å². The molecule has 9 heteroatoms. The number of carbonyl (C=O) groups is 2. The largest absolute Gasteiger partial charge is 0.478 e. The van der Waals surface area contributed by atoms with Crippen LogP contribution in [0.4, 0.5) is 0 Å². The van der Waals surface area contributed by atoms with Crippen molar-refractivity contribution in [3.8, 4) is 0 Å². The van der Waals surface area contributed by atoms with Crippen molar-refractivity contribution in [1.82, 2.24) is 10.0 Å². The molecule has 3 N–H and O–H groups in total. The molecule has 0 saturated carbocycles. The number of rotatable bonds is 5. The lowest BCUT2D eigenvalue weighted by atomic mass is 10.2. The summed E-state index contributed by atoms with van der Waals surface area (Å²) in [7, 11) is -3.86. The zero-order chi connectivity index (χ0) is 15.6. The van der Waals surface area contributed by atoms with Crippen molar-refractivity contribution in [1.29, 1.82) is 0 Å². The van der Waals surface area contributed by atoms with Crippen LogP contribution in [0.15, 0.2) is 27.6 Å². The number of carboxylic acids is 1. The molecule has 1 atom stereocenters. The van der Waals surface area contributed by atoms with Gasteiger partial charge in [0.15, 0.2) is 0 Å². The van der Waals surface area contributed by atoms with E-state index in [0.717, 1.165) is 6.07 Å². The first-order valence-electron chi connectivity index (χ1n) is 6.11. The molecule has 1 aliphatic heterocycles. The van der Waals surface area contributed by atoms with Gasteiger partial charge in [-0.15, -0.1) is 0 Å². The van der Waals surface area contributed by atoms with Gasteiger partial charge in [0, 0.05) is 23.5 Å². The number of amides is 1. The second-order valence-corrected chi connectivity index (χ2v) is 7.20. The Balaban J connectivity index is 2.17. The Morgan fingerprint density at radius 2 is 2.19 bits per heavy atom. The number of hydrogen-bond donors (Lipinski definition) is 3. The van der Waals surface area contributed by atoms with Gasteiger partial charge in [0.25, 0.3) is 0 Å². The fourth-order valence-corrected chi connectivity index (χ4v) is 4.03. The van der Waals surface area contributed by atoms with E-state index in [1.807, 2.05) is 0 Å². The van der Waals surface area contributed by atoms with Crippen LogP contribution in [-0.4, -0.2) is 38.0 Å². The minimum Gasteiger partial charge on any atom is -0.478 e. The van der Waals surface area contributed by atoms with Gasteiger partial charge in [-0.25, -0.2) is 17.9 Å². The molecular weight excluding hydrogens is 364 g/mol. The lowest BCUT2D eigenvalue weighted by Gasteiger charge is -2.13. The molecule has 0 bridgehead atoms. The molecule has 1 amide bonds. The van der Waals surface area contributed by atoms with Crippen LogP contribution < -0.4 is 10.0 Å². The normalized spacial score (nSPS) is 18.5. The minimum absolute atomic E-state index is 0.0673. The predicted octanol–water partition coefficient (Wildman–Crippen LogP) is 0.704. The van der Waals surface area contributed by atoms with Gasteiger partial charge in [0.2, 0.25) is 15.9 Å². The SMILES string of the molecule is O=C1CCC(CNS(=O)(=O)c2cc(C(=O)O)ccc2Br)N1. The van der Waals surface area contributed by atoms with E-state index < -0.39 is 16.0 Å². The fourth-order valence-electron chi connectivity index (χ4n) is 1.96. The molecule has 1 heterocycles. The van der Waals surface area contributed by atoms with Crippen molar-refractivity contribution in [2.45, 2.75) is 23.8 Å². The molecule has 1 unspecified atom stereocenters. The zero-order valence-electron chi connectivity index (χ0n) is 10.8. The molecule has 0 radical (unpaired) electrons. The Morgan fingerprint density at radius 3 is 2.76 bits per heavy atom. The summed E-state index contributed by atoms with van der Waals surface area (Å²) in [6.45, 7) is 0.0673. The maximum Gasteiger partial charge on any atom is 0.335 e. The summed E-state index contributed by atoms with van der Waals surface area (Å²) in [5.74, 6) is -1.31. The molecule has 1 fully saturated rings. The van der Waals surface area contributed by atoms with E-state index in [0.29, 0.717) is 12.8 Å². The summed E-state index contributed by atoms with van der Waals surface area (Å²) in [4.78, 5) is 21.8. The summed E-state index contributed by atoms with van der Waals surface area (Å²) < 4.78 is 27.1. The summed E-state index contributed by atoms with van der Waals surface area (Å²) in [5, 5.41) is 11.6. The molecule has 1 aliphatic rings. The summed E-state index contributed by atoms with van der Waals surface area (Å²) in [6, 6.07) is 3.52. The first-order valence-corrected chi connectivity index (χ1v) is 8.39. The number of nitrogens with one attached hydrogen (secondary N) is 2. The van der Waals surface area contributed by atoms with Gasteiger partial charge in [-0.3, -0.25) is 4.79 Å². The second-order valence-electron chi connectivity index (χ2n) is 4.61. The number of carboxylic acid groups (broad SMARTS) is 1. The second kappa shape index (κ2) is 6.12. The van der Waals surface area contributed by atoms with Gasteiger partial charge in [0.1, 0.15) is 0 Å². The molecular formula is C12H13BrN2O5S. The fraction of sp³-hybridized carbons (Fsp3) is 0.333. The highest BCUT2D eigenvalue weighted by molar-refractivity contribution is 9.10. The molecule has 21 heavy (non-hydrogen) atoms. The molecule has 0 spiro atoms. The van der Waals surface area contributed by atoms with Gasteiger partial charge in [-0.1, -0.05) is 0 Å². The molecule has 0 aromatic heterocycles. The van der Waals surface area contributed by atoms with Crippen LogP contribution in [-0.2, 0) is 14.8 Å². The van der Waals surface area contributed by atoms with Crippen LogP contribution in [0.5, 0.6) is 0 Å². The maximum atomic E-state index is 12.2. The predicted molar refractivity (Wildman–Crippen MR) is 77.5 cm³/mol.